The Bertz CT molecular complexity index is 1880. The second-order valence-electron chi connectivity index (χ2n) is 12.3. The minimum Gasteiger partial charge on any atom is -0.494 e. The van der Waals surface area contributed by atoms with Crippen molar-refractivity contribution in [2.75, 3.05) is 13.2 Å². The molecule has 288 valence electrons. The molecule has 12 heteroatoms. The zero-order chi connectivity index (χ0) is 39.4. The minimum atomic E-state index is -0.650. The van der Waals surface area contributed by atoms with E-state index in [-0.39, 0.29) is 35.8 Å². The first-order valence-electron chi connectivity index (χ1n) is 18.3. The van der Waals surface area contributed by atoms with E-state index in [1.165, 1.54) is 36.4 Å². The molecule has 0 N–H and O–H groups in total. The Morgan fingerprint density at radius 1 is 0.418 bits per heavy atom. The third-order valence-corrected chi connectivity index (χ3v) is 7.93. The van der Waals surface area contributed by atoms with Gasteiger partial charge in [0.2, 0.25) is 10.9 Å². The molecule has 12 nitrogen and oxygen atoms in total. The summed E-state index contributed by atoms with van der Waals surface area (Å²) in [5, 5.41) is 0. The van der Waals surface area contributed by atoms with Crippen molar-refractivity contribution in [1.82, 2.24) is 0 Å². The molecule has 0 amide bonds. The minimum absolute atomic E-state index is 0.0231. The van der Waals surface area contributed by atoms with E-state index < -0.39 is 34.7 Å². The molecule has 0 spiro atoms. The molecule has 0 aromatic heterocycles. The van der Waals surface area contributed by atoms with Crippen molar-refractivity contribution in [3.63, 3.8) is 0 Å². The summed E-state index contributed by atoms with van der Waals surface area (Å²) in [6.07, 6.45) is 5.00. The van der Waals surface area contributed by atoms with E-state index in [2.05, 4.69) is 13.8 Å². The molecule has 0 aliphatic rings. The van der Waals surface area contributed by atoms with Crippen LogP contribution in [0.5, 0.6) is 34.5 Å². The lowest BCUT2D eigenvalue weighted by molar-refractivity contribution is -0.135. The van der Waals surface area contributed by atoms with Gasteiger partial charge >= 0.3 is 23.9 Å². The Morgan fingerprint density at radius 3 is 1.16 bits per heavy atom. The number of esters is 4. The summed E-state index contributed by atoms with van der Waals surface area (Å²) >= 11 is 0. The Balaban J connectivity index is 1.17. The van der Waals surface area contributed by atoms with Gasteiger partial charge < -0.3 is 28.4 Å². The van der Waals surface area contributed by atoms with Gasteiger partial charge in [0.05, 0.1) is 24.3 Å². The summed E-state index contributed by atoms with van der Waals surface area (Å²) in [5.41, 5.74) is -0.575. The zero-order valence-corrected chi connectivity index (χ0v) is 30.9. The van der Waals surface area contributed by atoms with Crippen molar-refractivity contribution in [2.45, 2.75) is 71.6 Å². The summed E-state index contributed by atoms with van der Waals surface area (Å²) in [7, 11) is 0. The van der Waals surface area contributed by atoms with Crippen LogP contribution in [0.25, 0.3) is 0 Å². The van der Waals surface area contributed by atoms with Crippen molar-refractivity contribution < 1.29 is 47.6 Å². The number of rotatable bonds is 20. The SMILES string of the molecule is CCCCOc1ccc(C(=O)Oc2ccc(OC(=O)CCCCCC(=O)Oc3ccc(OC(=O)c4ccc(OCCCC)cc4)ccc3=O)c(=O)cc2)cc1. The van der Waals surface area contributed by atoms with Crippen LogP contribution in [0.1, 0.15) is 92.4 Å². The Labute approximate surface area is 318 Å². The highest BCUT2D eigenvalue weighted by atomic mass is 16.6. The van der Waals surface area contributed by atoms with Crippen molar-refractivity contribution >= 4 is 23.9 Å². The van der Waals surface area contributed by atoms with Crippen LogP contribution < -0.4 is 39.3 Å². The van der Waals surface area contributed by atoms with Crippen molar-refractivity contribution in [3.8, 4) is 34.5 Å². The number of hydrogen-bond donors (Lipinski definition) is 0. The van der Waals surface area contributed by atoms with Gasteiger partial charge in [-0.1, -0.05) is 33.1 Å². The van der Waals surface area contributed by atoms with E-state index in [4.69, 9.17) is 28.4 Å². The molecule has 0 saturated carbocycles. The lowest BCUT2D eigenvalue weighted by Gasteiger charge is -2.06. The first kappa shape index (κ1) is 41.5. The molecule has 0 unspecified atom stereocenters. The highest BCUT2D eigenvalue weighted by molar-refractivity contribution is 5.91. The Morgan fingerprint density at radius 2 is 0.782 bits per heavy atom. The van der Waals surface area contributed by atoms with E-state index in [0.29, 0.717) is 55.1 Å². The molecule has 0 aliphatic carbocycles. The predicted molar refractivity (Wildman–Crippen MR) is 203 cm³/mol. The first-order valence-corrected chi connectivity index (χ1v) is 18.3. The van der Waals surface area contributed by atoms with Gasteiger partial charge in [0.1, 0.15) is 23.0 Å². The summed E-state index contributed by atoms with van der Waals surface area (Å²) < 4.78 is 32.5. The maximum Gasteiger partial charge on any atom is 0.343 e. The third kappa shape index (κ3) is 14.2. The molecular weight excluding hydrogens is 708 g/mol. The molecule has 55 heavy (non-hydrogen) atoms. The number of unbranched alkanes of at least 4 members (excludes halogenated alkanes) is 4. The Hall–Kier alpha value is -6.30. The first-order chi connectivity index (χ1) is 26.6. The fourth-order valence-corrected chi connectivity index (χ4v) is 4.81. The highest BCUT2D eigenvalue weighted by Crippen LogP contribution is 2.19. The fourth-order valence-electron chi connectivity index (χ4n) is 4.81. The van der Waals surface area contributed by atoms with Gasteiger partial charge in [0.25, 0.3) is 0 Å². The molecule has 4 aromatic carbocycles. The van der Waals surface area contributed by atoms with Gasteiger partial charge in [-0.2, -0.15) is 0 Å². The van der Waals surface area contributed by atoms with E-state index in [1.807, 2.05) is 0 Å². The van der Waals surface area contributed by atoms with Gasteiger partial charge in [0, 0.05) is 12.8 Å². The number of carbonyl (C=O) groups is 4. The molecule has 0 atom stereocenters. The quantitative estimate of drug-likeness (QED) is 0.0642. The van der Waals surface area contributed by atoms with Crippen LogP contribution in [0.3, 0.4) is 0 Å². The number of hydrogen-bond acceptors (Lipinski definition) is 12. The summed E-state index contributed by atoms with van der Waals surface area (Å²) in [4.78, 5) is 75.1. The van der Waals surface area contributed by atoms with Gasteiger partial charge in [-0.15, -0.1) is 0 Å². The molecule has 0 fully saturated rings. The fraction of sp³-hybridized carbons (Fsp3) is 0.302. The number of ether oxygens (including phenoxy) is 6. The molecule has 0 aliphatic heterocycles. The highest BCUT2D eigenvalue weighted by Gasteiger charge is 2.14. The van der Waals surface area contributed by atoms with Crippen molar-refractivity contribution in [2.24, 2.45) is 0 Å². The lowest BCUT2D eigenvalue weighted by atomic mass is 10.1. The second kappa shape index (κ2) is 22.0. The van der Waals surface area contributed by atoms with Crippen LogP contribution in [0.15, 0.2) is 107 Å². The van der Waals surface area contributed by atoms with Gasteiger partial charge in [-0.3, -0.25) is 19.2 Å². The average Bonchev–Trinajstić information content (AvgIpc) is 3.46. The standard InChI is InChI=1S/C43H44O12/c1-3-5-28-50-32-16-12-30(13-17-32)42(48)52-34-20-24-36(44)38(26-22-34)54-40(46)10-8-7-9-11-41(47)55-39-27-23-35(21-25-37(39)45)53-43(49)31-14-18-33(19-15-31)51-29-6-4-2/h12-27H,3-11,28-29H2,1-2H3. The van der Waals surface area contributed by atoms with E-state index in [1.54, 1.807) is 48.5 Å². The second-order valence-corrected chi connectivity index (χ2v) is 12.3. The molecule has 4 aromatic rings. The summed E-state index contributed by atoms with van der Waals surface area (Å²) in [6, 6.07) is 23.2. The normalized spacial score (nSPS) is 10.5. The lowest BCUT2D eigenvalue weighted by Crippen LogP contribution is -2.13. The summed E-state index contributed by atoms with van der Waals surface area (Å²) in [6.45, 7) is 5.30. The average molecular weight is 753 g/mol. The van der Waals surface area contributed by atoms with Gasteiger partial charge in [-0.05, 0) is 123 Å². The van der Waals surface area contributed by atoms with Crippen LogP contribution in [0.2, 0.25) is 0 Å². The van der Waals surface area contributed by atoms with Crippen LogP contribution in [-0.2, 0) is 9.59 Å². The maximum absolute atomic E-state index is 12.6. The molecule has 4 rings (SSSR count). The van der Waals surface area contributed by atoms with Crippen LogP contribution in [0.4, 0.5) is 0 Å². The largest absolute Gasteiger partial charge is 0.494 e. The molecule has 0 radical (unpaired) electrons. The number of carbonyl (C=O) groups excluding carboxylic acids is 4. The van der Waals surface area contributed by atoms with E-state index >= 15 is 0 Å². The van der Waals surface area contributed by atoms with Gasteiger partial charge in [-0.25, -0.2) is 9.59 Å². The smallest absolute Gasteiger partial charge is 0.343 e. The maximum atomic E-state index is 12.6. The molecule has 0 bridgehead atoms. The van der Waals surface area contributed by atoms with Crippen LogP contribution in [0, 0.1) is 0 Å². The summed E-state index contributed by atoms with van der Waals surface area (Å²) in [5.74, 6) is -1.57. The predicted octanol–water partition coefficient (Wildman–Crippen LogP) is 7.66. The third-order valence-electron chi connectivity index (χ3n) is 7.93. The topological polar surface area (TPSA) is 158 Å². The number of benzene rings is 2. The van der Waals surface area contributed by atoms with Crippen molar-refractivity contribution in [1.29, 1.82) is 0 Å². The van der Waals surface area contributed by atoms with Crippen LogP contribution >= 0.6 is 0 Å². The van der Waals surface area contributed by atoms with Crippen molar-refractivity contribution in [3.05, 3.63) is 129 Å². The molecule has 0 heterocycles. The monoisotopic (exact) mass is 752 g/mol. The Kier molecular flexibility index (Phi) is 16.6. The molecular formula is C43H44O12. The van der Waals surface area contributed by atoms with E-state index in [9.17, 15) is 28.8 Å². The molecule has 0 saturated heterocycles. The zero-order valence-electron chi connectivity index (χ0n) is 30.9. The van der Waals surface area contributed by atoms with Crippen LogP contribution in [-0.4, -0.2) is 37.1 Å². The van der Waals surface area contributed by atoms with Gasteiger partial charge in [0.15, 0.2) is 11.5 Å². The van der Waals surface area contributed by atoms with E-state index in [0.717, 1.165) is 37.8 Å².